The number of nitrogens with zero attached hydrogens (tertiary/aromatic N) is 5. The van der Waals surface area contributed by atoms with Gasteiger partial charge < -0.3 is 20.2 Å². The molecule has 144 valence electrons. The Balaban J connectivity index is 1.62. The molecular weight excluding hydrogens is 344 g/mol. The number of carbonyl (C=O) groups excluding carboxylic acids is 1. The number of phenolic OH excluding ortho intramolecular Hbond substituents is 1. The molecule has 0 atom stereocenters. The lowest BCUT2D eigenvalue weighted by Gasteiger charge is -2.35. The molecule has 0 aliphatic carbocycles. The molecule has 1 aromatic carbocycles. The standard InChI is InChI=1S/C19H26N6O2/c1-3-20-19(21-8-7-15-5-4-6-17(26)11-15)24-9-10-25(18(27)14-24)16-12-22-23(2)13-16/h4-6,11-13,26H,3,7-10,14H2,1-2H3,(H,20,21). The van der Waals surface area contributed by atoms with E-state index < -0.39 is 0 Å². The van der Waals surface area contributed by atoms with Crippen molar-refractivity contribution in [3.05, 3.63) is 42.2 Å². The van der Waals surface area contributed by atoms with Crippen LogP contribution in [0.5, 0.6) is 5.75 Å². The first-order valence-corrected chi connectivity index (χ1v) is 9.17. The maximum Gasteiger partial charge on any atom is 0.246 e. The summed E-state index contributed by atoms with van der Waals surface area (Å²) in [7, 11) is 1.84. The number of aliphatic imine (C=N–C) groups is 1. The maximum atomic E-state index is 12.6. The number of aromatic hydroxyl groups is 1. The predicted molar refractivity (Wildman–Crippen MR) is 105 cm³/mol. The lowest BCUT2D eigenvalue weighted by molar-refractivity contribution is -0.120. The zero-order chi connectivity index (χ0) is 19.2. The van der Waals surface area contributed by atoms with Crippen LogP contribution in [0.25, 0.3) is 0 Å². The number of hydrogen-bond acceptors (Lipinski definition) is 4. The number of nitrogens with one attached hydrogen (secondary N) is 1. The SMILES string of the molecule is CCNC(=NCCc1cccc(O)c1)N1CCN(c2cnn(C)c2)C(=O)C1. The fourth-order valence-electron chi connectivity index (χ4n) is 3.10. The largest absolute Gasteiger partial charge is 0.508 e. The van der Waals surface area contributed by atoms with Gasteiger partial charge in [-0.1, -0.05) is 12.1 Å². The molecule has 1 saturated heterocycles. The van der Waals surface area contributed by atoms with Gasteiger partial charge in [0.15, 0.2) is 5.96 Å². The van der Waals surface area contributed by atoms with E-state index in [2.05, 4.69) is 15.4 Å². The Bertz CT molecular complexity index is 816. The second-order valence-electron chi connectivity index (χ2n) is 6.49. The molecular formula is C19H26N6O2. The van der Waals surface area contributed by atoms with Crippen molar-refractivity contribution in [2.24, 2.45) is 12.0 Å². The van der Waals surface area contributed by atoms with Crippen LogP contribution in [0.1, 0.15) is 12.5 Å². The minimum atomic E-state index is 0.0350. The van der Waals surface area contributed by atoms with Gasteiger partial charge in [-0.15, -0.1) is 0 Å². The lowest BCUT2D eigenvalue weighted by Crippen LogP contribution is -2.55. The number of aryl methyl sites for hydroxylation is 1. The van der Waals surface area contributed by atoms with Gasteiger partial charge >= 0.3 is 0 Å². The van der Waals surface area contributed by atoms with Gasteiger partial charge in [-0.25, -0.2) is 0 Å². The normalized spacial score (nSPS) is 15.3. The summed E-state index contributed by atoms with van der Waals surface area (Å²) in [4.78, 5) is 21.0. The lowest BCUT2D eigenvalue weighted by atomic mass is 10.1. The van der Waals surface area contributed by atoms with Gasteiger partial charge in [0.2, 0.25) is 5.91 Å². The number of rotatable bonds is 5. The molecule has 1 fully saturated rings. The van der Waals surface area contributed by atoms with Crippen LogP contribution < -0.4 is 10.2 Å². The molecule has 0 saturated carbocycles. The van der Waals surface area contributed by atoms with Crippen LogP contribution in [0.4, 0.5) is 5.69 Å². The van der Waals surface area contributed by atoms with Gasteiger partial charge in [0, 0.05) is 39.4 Å². The predicted octanol–water partition coefficient (Wildman–Crippen LogP) is 0.982. The first-order chi connectivity index (χ1) is 13.1. The molecule has 2 heterocycles. The minimum absolute atomic E-state index is 0.0350. The van der Waals surface area contributed by atoms with Crippen molar-refractivity contribution < 1.29 is 9.90 Å². The number of phenols is 1. The van der Waals surface area contributed by atoms with Crippen LogP contribution in [0.3, 0.4) is 0 Å². The number of piperazine rings is 1. The minimum Gasteiger partial charge on any atom is -0.508 e. The Kier molecular flexibility index (Phi) is 5.95. The van der Waals surface area contributed by atoms with Crippen molar-refractivity contribution in [1.29, 1.82) is 0 Å². The quantitative estimate of drug-likeness (QED) is 0.605. The van der Waals surface area contributed by atoms with Crippen molar-refractivity contribution in [2.75, 3.05) is 37.6 Å². The molecule has 1 aliphatic heterocycles. The fourth-order valence-corrected chi connectivity index (χ4v) is 3.10. The Morgan fingerprint density at radius 2 is 2.22 bits per heavy atom. The molecule has 27 heavy (non-hydrogen) atoms. The second kappa shape index (κ2) is 8.57. The van der Waals surface area contributed by atoms with Gasteiger partial charge in [-0.05, 0) is 31.0 Å². The number of hydrogen-bond donors (Lipinski definition) is 2. The molecule has 3 rings (SSSR count). The van der Waals surface area contributed by atoms with E-state index >= 15 is 0 Å². The Morgan fingerprint density at radius 1 is 1.37 bits per heavy atom. The van der Waals surface area contributed by atoms with Gasteiger partial charge in [0.1, 0.15) is 12.3 Å². The molecule has 0 bridgehead atoms. The number of amides is 1. The van der Waals surface area contributed by atoms with Gasteiger partial charge in [-0.3, -0.25) is 14.5 Å². The molecule has 1 aliphatic rings. The van der Waals surface area contributed by atoms with Crippen molar-refractivity contribution in [3.8, 4) is 5.75 Å². The number of aromatic nitrogens is 2. The Morgan fingerprint density at radius 3 is 2.89 bits per heavy atom. The smallest absolute Gasteiger partial charge is 0.246 e. The highest BCUT2D eigenvalue weighted by atomic mass is 16.3. The van der Waals surface area contributed by atoms with Crippen molar-refractivity contribution in [2.45, 2.75) is 13.3 Å². The van der Waals surface area contributed by atoms with Crippen LogP contribution in [0.2, 0.25) is 0 Å². The zero-order valence-electron chi connectivity index (χ0n) is 15.8. The summed E-state index contributed by atoms with van der Waals surface area (Å²) in [5, 5.41) is 17.0. The van der Waals surface area contributed by atoms with Crippen molar-refractivity contribution in [3.63, 3.8) is 0 Å². The molecule has 0 spiro atoms. The Hall–Kier alpha value is -3.03. The van der Waals surface area contributed by atoms with E-state index in [0.717, 1.165) is 30.2 Å². The van der Waals surface area contributed by atoms with Crippen LogP contribution >= 0.6 is 0 Å². The van der Waals surface area contributed by atoms with Gasteiger partial charge in [0.05, 0.1) is 11.9 Å². The van der Waals surface area contributed by atoms with E-state index in [1.807, 2.05) is 37.2 Å². The summed E-state index contributed by atoms with van der Waals surface area (Å²) >= 11 is 0. The van der Waals surface area contributed by atoms with Crippen LogP contribution in [-0.4, -0.2) is 64.4 Å². The summed E-state index contributed by atoms with van der Waals surface area (Å²) < 4.78 is 1.70. The maximum absolute atomic E-state index is 12.6. The number of anilines is 1. The second-order valence-corrected chi connectivity index (χ2v) is 6.49. The summed E-state index contributed by atoms with van der Waals surface area (Å²) in [5.74, 6) is 1.05. The highest BCUT2D eigenvalue weighted by Crippen LogP contribution is 2.16. The van der Waals surface area contributed by atoms with Gasteiger partial charge in [-0.2, -0.15) is 5.10 Å². The van der Waals surface area contributed by atoms with Crippen molar-refractivity contribution >= 4 is 17.6 Å². The van der Waals surface area contributed by atoms with E-state index in [1.54, 1.807) is 27.9 Å². The van der Waals surface area contributed by atoms with E-state index in [0.29, 0.717) is 19.6 Å². The van der Waals surface area contributed by atoms with E-state index in [1.165, 1.54) is 0 Å². The molecule has 1 amide bonds. The molecule has 8 heteroatoms. The monoisotopic (exact) mass is 370 g/mol. The summed E-state index contributed by atoms with van der Waals surface area (Å²) in [6.45, 7) is 4.93. The molecule has 8 nitrogen and oxygen atoms in total. The molecule has 0 radical (unpaired) electrons. The zero-order valence-corrected chi connectivity index (χ0v) is 15.8. The molecule has 0 unspecified atom stereocenters. The summed E-state index contributed by atoms with van der Waals surface area (Å²) in [6, 6.07) is 7.21. The molecule has 2 aromatic rings. The van der Waals surface area contributed by atoms with E-state index in [4.69, 9.17) is 0 Å². The fraction of sp³-hybridized carbons (Fsp3) is 0.421. The number of carbonyl (C=O) groups is 1. The average Bonchev–Trinajstić information content (AvgIpc) is 3.07. The van der Waals surface area contributed by atoms with E-state index in [9.17, 15) is 9.90 Å². The highest BCUT2D eigenvalue weighted by molar-refractivity contribution is 5.98. The van der Waals surface area contributed by atoms with Crippen LogP contribution in [-0.2, 0) is 18.3 Å². The molecule has 2 N–H and O–H groups in total. The summed E-state index contributed by atoms with van der Waals surface area (Å²) in [5.41, 5.74) is 1.86. The third kappa shape index (κ3) is 4.78. The average molecular weight is 370 g/mol. The van der Waals surface area contributed by atoms with E-state index in [-0.39, 0.29) is 18.2 Å². The highest BCUT2D eigenvalue weighted by Gasteiger charge is 2.27. The Labute approximate surface area is 159 Å². The number of guanidine groups is 1. The molecule has 1 aromatic heterocycles. The van der Waals surface area contributed by atoms with Crippen LogP contribution in [0.15, 0.2) is 41.7 Å². The van der Waals surface area contributed by atoms with Crippen molar-refractivity contribution in [1.82, 2.24) is 20.0 Å². The topological polar surface area (TPSA) is 86.0 Å². The third-order valence-corrected chi connectivity index (χ3v) is 4.43. The van der Waals surface area contributed by atoms with Gasteiger partial charge in [0.25, 0.3) is 0 Å². The number of benzene rings is 1. The van der Waals surface area contributed by atoms with Crippen LogP contribution in [0, 0.1) is 0 Å². The summed E-state index contributed by atoms with van der Waals surface area (Å²) in [6.07, 6.45) is 4.29. The first-order valence-electron chi connectivity index (χ1n) is 9.17. The third-order valence-electron chi connectivity index (χ3n) is 4.43. The first kappa shape index (κ1) is 18.8.